The van der Waals surface area contributed by atoms with Crippen LogP contribution in [0.5, 0.6) is 5.75 Å². The molecule has 21 heavy (non-hydrogen) atoms. The number of carbonyl (C=O) groups is 1. The van der Waals surface area contributed by atoms with Crippen molar-refractivity contribution < 1.29 is 9.90 Å². The first-order valence-electron chi connectivity index (χ1n) is 7.48. The van der Waals surface area contributed by atoms with Crippen molar-refractivity contribution in [2.45, 2.75) is 32.7 Å². The van der Waals surface area contributed by atoms with Gasteiger partial charge in [-0.3, -0.25) is 4.79 Å². The van der Waals surface area contributed by atoms with Crippen LogP contribution in [0, 0.1) is 5.92 Å². The lowest BCUT2D eigenvalue weighted by atomic mass is 10.1. The largest absolute Gasteiger partial charge is 0.507 e. The van der Waals surface area contributed by atoms with Crippen LogP contribution in [0.1, 0.15) is 37.0 Å². The molecule has 1 heterocycles. The van der Waals surface area contributed by atoms with Crippen LogP contribution in [0.3, 0.4) is 0 Å². The molecule has 1 aromatic carbocycles. The van der Waals surface area contributed by atoms with Crippen LogP contribution in [0.4, 0.5) is 0 Å². The van der Waals surface area contributed by atoms with Crippen LogP contribution in [0.2, 0.25) is 0 Å². The summed E-state index contributed by atoms with van der Waals surface area (Å²) in [6.07, 6.45) is 2.29. The molecule has 0 radical (unpaired) electrons. The zero-order valence-electron chi connectivity index (χ0n) is 12.6. The monoisotopic (exact) mass is 354 g/mol. The van der Waals surface area contributed by atoms with Crippen molar-refractivity contribution in [3.63, 3.8) is 0 Å². The quantitative estimate of drug-likeness (QED) is 0.854. The first kappa shape index (κ1) is 16.3. The van der Waals surface area contributed by atoms with Crippen LogP contribution >= 0.6 is 15.9 Å². The Bertz CT molecular complexity index is 499. The van der Waals surface area contributed by atoms with Crippen LogP contribution in [0.15, 0.2) is 22.7 Å². The highest BCUT2D eigenvalue weighted by Gasteiger charge is 2.23. The maximum Gasteiger partial charge on any atom is 0.254 e. The molecule has 1 aromatic rings. The lowest BCUT2D eigenvalue weighted by molar-refractivity contribution is 0.0721. The van der Waals surface area contributed by atoms with Gasteiger partial charge in [-0.1, -0.05) is 13.8 Å². The summed E-state index contributed by atoms with van der Waals surface area (Å²) in [7, 11) is 0. The van der Waals surface area contributed by atoms with E-state index in [1.165, 1.54) is 12.5 Å². The van der Waals surface area contributed by atoms with E-state index in [9.17, 15) is 9.90 Å². The molecule has 116 valence electrons. The van der Waals surface area contributed by atoms with Gasteiger partial charge in [0.15, 0.2) is 0 Å². The molecule has 5 heteroatoms. The molecule has 2 N–H and O–H groups in total. The predicted octanol–water partition coefficient (Wildman–Crippen LogP) is 3.00. The average Bonchev–Trinajstić information content (AvgIpc) is 2.93. The van der Waals surface area contributed by atoms with Gasteiger partial charge < -0.3 is 15.3 Å². The van der Waals surface area contributed by atoms with E-state index in [0.29, 0.717) is 22.0 Å². The van der Waals surface area contributed by atoms with Gasteiger partial charge in [0.1, 0.15) is 5.75 Å². The molecule has 1 aliphatic rings. The fraction of sp³-hybridized carbons (Fsp3) is 0.562. The third-order valence-electron chi connectivity index (χ3n) is 3.67. The van der Waals surface area contributed by atoms with Gasteiger partial charge in [0.05, 0.1) is 4.47 Å². The highest BCUT2D eigenvalue weighted by molar-refractivity contribution is 9.10. The molecular formula is C16H23BrN2O2. The highest BCUT2D eigenvalue weighted by Crippen LogP contribution is 2.25. The summed E-state index contributed by atoms with van der Waals surface area (Å²) >= 11 is 3.24. The van der Waals surface area contributed by atoms with E-state index >= 15 is 0 Å². The molecule has 1 saturated heterocycles. The summed E-state index contributed by atoms with van der Waals surface area (Å²) in [6.45, 7) is 6.72. The molecule has 0 bridgehead atoms. The predicted molar refractivity (Wildman–Crippen MR) is 87.6 cm³/mol. The lowest BCUT2D eigenvalue weighted by Gasteiger charge is -2.27. The van der Waals surface area contributed by atoms with Gasteiger partial charge in [-0.2, -0.15) is 0 Å². The molecule has 4 nitrogen and oxygen atoms in total. The SMILES string of the molecule is CC(C)CN(CC1CCCN1)C(=O)c1ccc(Br)c(O)c1. The Morgan fingerprint density at radius 2 is 2.29 bits per heavy atom. The van der Waals surface area contributed by atoms with E-state index in [1.54, 1.807) is 12.1 Å². The summed E-state index contributed by atoms with van der Waals surface area (Å²) in [6, 6.07) is 5.38. The lowest BCUT2D eigenvalue weighted by Crippen LogP contribution is -2.42. The summed E-state index contributed by atoms with van der Waals surface area (Å²) in [5.41, 5.74) is 0.536. The van der Waals surface area contributed by atoms with Crippen molar-refractivity contribution in [3.8, 4) is 5.75 Å². The van der Waals surface area contributed by atoms with Gasteiger partial charge in [-0.15, -0.1) is 0 Å². The standard InChI is InChI=1S/C16H23BrN2O2/c1-11(2)9-19(10-13-4-3-7-18-13)16(21)12-5-6-14(17)15(20)8-12/h5-6,8,11,13,18,20H,3-4,7,9-10H2,1-2H3. The molecule has 0 aliphatic carbocycles. The Labute approximate surface area is 134 Å². The smallest absolute Gasteiger partial charge is 0.254 e. The molecule has 2 rings (SSSR count). The third-order valence-corrected chi connectivity index (χ3v) is 4.34. The van der Waals surface area contributed by atoms with E-state index in [-0.39, 0.29) is 11.7 Å². The molecule has 0 aromatic heterocycles. The Balaban J connectivity index is 2.13. The number of hydrogen-bond donors (Lipinski definition) is 2. The van der Waals surface area contributed by atoms with Crippen molar-refractivity contribution >= 4 is 21.8 Å². The number of nitrogens with one attached hydrogen (secondary N) is 1. The topological polar surface area (TPSA) is 52.6 Å². The second-order valence-electron chi connectivity index (χ2n) is 6.06. The molecule has 1 amide bonds. The zero-order valence-corrected chi connectivity index (χ0v) is 14.2. The van der Waals surface area contributed by atoms with Crippen molar-refractivity contribution in [1.82, 2.24) is 10.2 Å². The minimum absolute atomic E-state index is 0.0137. The van der Waals surface area contributed by atoms with Gasteiger partial charge in [0.2, 0.25) is 0 Å². The summed E-state index contributed by atoms with van der Waals surface area (Å²) in [5, 5.41) is 13.2. The Kier molecular flexibility index (Phi) is 5.65. The number of nitrogens with zero attached hydrogens (tertiary/aromatic N) is 1. The number of aromatic hydroxyl groups is 1. The molecule has 0 saturated carbocycles. The summed E-state index contributed by atoms with van der Waals surface area (Å²) in [4.78, 5) is 14.6. The van der Waals surface area contributed by atoms with Crippen LogP contribution < -0.4 is 5.32 Å². The normalized spacial score (nSPS) is 18.2. The number of rotatable bonds is 5. The van der Waals surface area contributed by atoms with Crippen LogP contribution in [-0.2, 0) is 0 Å². The number of phenolic OH excluding ortho intramolecular Hbond substituents is 1. The average molecular weight is 355 g/mol. The first-order chi connectivity index (χ1) is 9.97. The van der Waals surface area contributed by atoms with E-state index in [0.717, 1.165) is 26.1 Å². The second kappa shape index (κ2) is 7.27. The van der Waals surface area contributed by atoms with E-state index in [1.807, 2.05) is 4.90 Å². The van der Waals surface area contributed by atoms with Gasteiger partial charge >= 0.3 is 0 Å². The van der Waals surface area contributed by atoms with Gasteiger partial charge in [-0.05, 0) is 59.4 Å². The zero-order chi connectivity index (χ0) is 15.4. The first-order valence-corrected chi connectivity index (χ1v) is 8.28. The maximum atomic E-state index is 12.7. The molecule has 1 fully saturated rings. The molecule has 0 spiro atoms. The maximum absolute atomic E-state index is 12.7. The van der Waals surface area contributed by atoms with Crippen LogP contribution in [0.25, 0.3) is 0 Å². The van der Waals surface area contributed by atoms with Crippen molar-refractivity contribution in [2.24, 2.45) is 5.92 Å². The van der Waals surface area contributed by atoms with E-state index in [2.05, 4.69) is 35.1 Å². The van der Waals surface area contributed by atoms with E-state index < -0.39 is 0 Å². The highest BCUT2D eigenvalue weighted by atomic mass is 79.9. The Morgan fingerprint density at radius 3 is 2.86 bits per heavy atom. The van der Waals surface area contributed by atoms with Crippen molar-refractivity contribution in [3.05, 3.63) is 28.2 Å². The number of halogens is 1. The van der Waals surface area contributed by atoms with Crippen molar-refractivity contribution in [2.75, 3.05) is 19.6 Å². The van der Waals surface area contributed by atoms with Crippen molar-refractivity contribution in [1.29, 1.82) is 0 Å². The third kappa shape index (κ3) is 4.45. The molecular weight excluding hydrogens is 332 g/mol. The van der Waals surface area contributed by atoms with Crippen LogP contribution in [-0.4, -0.2) is 41.6 Å². The summed E-state index contributed by atoms with van der Waals surface area (Å²) < 4.78 is 0.604. The van der Waals surface area contributed by atoms with E-state index in [4.69, 9.17) is 0 Å². The number of hydrogen-bond acceptors (Lipinski definition) is 3. The number of phenols is 1. The fourth-order valence-electron chi connectivity index (χ4n) is 2.69. The molecule has 1 aliphatic heterocycles. The Hall–Kier alpha value is -1.07. The fourth-order valence-corrected chi connectivity index (χ4v) is 2.93. The second-order valence-corrected chi connectivity index (χ2v) is 6.92. The van der Waals surface area contributed by atoms with Gasteiger partial charge in [-0.25, -0.2) is 0 Å². The molecule has 1 atom stereocenters. The Morgan fingerprint density at radius 1 is 1.52 bits per heavy atom. The number of carbonyl (C=O) groups excluding carboxylic acids is 1. The number of benzene rings is 1. The van der Waals surface area contributed by atoms with Gasteiger partial charge in [0, 0.05) is 24.7 Å². The minimum Gasteiger partial charge on any atom is -0.507 e. The van der Waals surface area contributed by atoms with Gasteiger partial charge in [0.25, 0.3) is 5.91 Å². The minimum atomic E-state index is -0.0137. The molecule has 1 unspecified atom stereocenters. The number of amides is 1. The summed E-state index contributed by atoms with van der Waals surface area (Å²) in [5.74, 6) is 0.504.